The van der Waals surface area contributed by atoms with E-state index >= 15 is 0 Å². The summed E-state index contributed by atoms with van der Waals surface area (Å²) in [6.45, 7) is 7.05. The molecule has 0 amide bonds. The minimum atomic E-state index is 1.02. The first kappa shape index (κ1) is 28.0. The van der Waals surface area contributed by atoms with Gasteiger partial charge in [0.05, 0.1) is 0 Å². The monoisotopic (exact) mass is 420 g/mol. The van der Waals surface area contributed by atoms with E-state index in [1.807, 2.05) is 0 Å². The van der Waals surface area contributed by atoms with E-state index in [0.717, 1.165) is 17.8 Å². The molecule has 0 aromatic heterocycles. The van der Waals surface area contributed by atoms with Crippen molar-refractivity contribution >= 4 is 0 Å². The molecule has 0 radical (unpaired) electrons. The van der Waals surface area contributed by atoms with Gasteiger partial charge in [0.2, 0.25) is 0 Å². The van der Waals surface area contributed by atoms with Gasteiger partial charge in [0, 0.05) is 0 Å². The first-order chi connectivity index (χ1) is 14.8. The molecule has 180 valence electrons. The molecule has 3 unspecified atom stereocenters. The van der Waals surface area contributed by atoms with Gasteiger partial charge in [-0.15, -0.1) is 0 Å². The first-order valence-electron chi connectivity index (χ1n) is 14.8. The number of unbranched alkanes of at least 4 members (excludes halogenated alkanes) is 15. The van der Waals surface area contributed by atoms with Gasteiger partial charge in [0.15, 0.2) is 0 Å². The maximum absolute atomic E-state index is 2.42. The van der Waals surface area contributed by atoms with Gasteiger partial charge in [-0.2, -0.15) is 0 Å². The Labute approximate surface area is 192 Å². The van der Waals surface area contributed by atoms with Gasteiger partial charge >= 0.3 is 0 Å². The van der Waals surface area contributed by atoms with Crippen LogP contribution in [0.15, 0.2) is 0 Å². The fourth-order valence-corrected chi connectivity index (χ4v) is 5.52. The third-order valence-corrected chi connectivity index (χ3v) is 7.98. The van der Waals surface area contributed by atoms with Crippen LogP contribution in [0.25, 0.3) is 0 Å². The van der Waals surface area contributed by atoms with Gasteiger partial charge in [-0.1, -0.05) is 168 Å². The van der Waals surface area contributed by atoms with E-state index < -0.39 is 0 Å². The van der Waals surface area contributed by atoms with Gasteiger partial charge in [-0.05, 0) is 24.2 Å². The molecular weight excluding hydrogens is 360 g/mol. The molecular formula is C30H60. The van der Waals surface area contributed by atoms with Gasteiger partial charge in [-0.25, -0.2) is 0 Å². The average Bonchev–Trinajstić information content (AvgIpc) is 3.51. The summed E-state index contributed by atoms with van der Waals surface area (Å²) in [7, 11) is 0. The van der Waals surface area contributed by atoms with Crippen molar-refractivity contribution in [1.82, 2.24) is 0 Å². The van der Waals surface area contributed by atoms with Crippen LogP contribution in [0.1, 0.15) is 175 Å². The number of hydrogen-bond donors (Lipinski definition) is 0. The Morgan fingerprint density at radius 1 is 0.467 bits per heavy atom. The zero-order chi connectivity index (χ0) is 21.7. The maximum Gasteiger partial charge on any atom is -0.0383 e. The van der Waals surface area contributed by atoms with E-state index in [0.29, 0.717) is 0 Å². The Kier molecular flexibility index (Phi) is 19.5. The van der Waals surface area contributed by atoms with Crippen LogP contribution in [-0.4, -0.2) is 0 Å². The highest BCUT2D eigenvalue weighted by Crippen LogP contribution is 2.45. The molecule has 1 aliphatic rings. The summed E-state index contributed by atoms with van der Waals surface area (Å²) in [5.41, 5.74) is 0. The zero-order valence-electron chi connectivity index (χ0n) is 21.7. The lowest BCUT2D eigenvalue weighted by atomic mass is 9.92. The standard InChI is InChI=1S/C30H60/c1-4-7-9-11-13-15-19-23-28(6-3)24-20-16-14-18-22-26-30-27-29(30)25-21-17-12-10-8-5-2/h28-30H,4-27H2,1-3H3. The molecule has 1 saturated carbocycles. The smallest absolute Gasteiger partial charge is 0.0383 e. The Hall–Kier alpha value is 0. The SMILES string of the molecule is CCCCCCCCCC(CC)CCCCCCCC1CC1CCCCCCCC. The van der Waals surface area contributed by atoms with Crippen molar-refractivity contribution in [3.05, 3.63) is 0 Å². The Balaban J connectivity index is 1.81. The lowest BCUT2D eigenvalue weighted by Crippen LogP contribution is -1.99. The molecule has 30 heavy (non-hydrogen) atoms. The third kappa shape index (κ3) is 16.7. The molecule has 0 spiro atoms. The van der Waals surface area contributed by atoms with Crippen LogP contribution in [0, 0.1) is 17.8 Å². The van der Waals surface area contributed by atoms with Gasteiger partial charge < -0.3 is 0 Å². The summed E-state index contributed by atoms with van der Waals surface area (Å²) in [6, 6.07) is 0. The van der Waals surface area contributed by atoms with Crippen LogP contribution in [0.4, 0.5) is 0 Å². The van der Waals surface area contributed by atoms with Crippen molar-refractivity contribution in [2.24, 2.45) is 17.8 Å². The number of hydrogen-bond acceptors (Lipinski definition) is 0. The second kappa shape index (κ2) is 20.9. The van der Waals surface area contributed by atoms with Crippen LogP contribution in [0.3, 0.4) is 0 Å². The summed E-state index contributed by atoms with van der Waals surface area (Å²) in [6.07, 6.45) is 35.7. The van der Waals surface area contributed by atoms with Crippen LogP contribution >= 0.6 is 0 Å². The molecule has 0 saturated heterocycles. The van der Waals surface area contributed by atoms with Crippen molar-refractivity contribution in [2.45, 2.75) is 175 Å². The lowest BCUT2D eigenvalue weighted by molar-refractivity contribution is 0.392. The van der Waals surface area contributed by atoms with E-state index in [4.69, 9.17) is 0 Å². The molecule has 0 heteroatoms. The van der Waals surface area contributed by atoms with Crippen molar-refractivity contribution in [3.63, 3.8) is 0 Å². The number of rotatable bonds is 24. The molecule has 1 rings (SSSR count). The zero-order valence-corrected chi connectivity index (χ0v) is 21.7. The Morgan fingerprint density at radius 2 is 0.833 bits per heavy atom. The second-order valence-corrected chi connectivity index (χ2v) is 10.8. The lowest BCUT2D eigenvalue weighted by Gasteiger charge is -2.14. The van der Waals surface area contributed by atoms with Gasteiger partial charge in [0.1, 0.15) is 0 Å². The highest BCUT2D eigenvalue weighted by atomic mass is 14.4. The largest absolute Gasteiger partial charge is 0.0654 e. The highest BCUT2D eigenvalue weighted by molar-refractivity contribution is 4.85. The van der Waals surface area contributed by atoms with Crippen molar-refractivity contribution in [1.29, 1.82) is 0 Å². The molecule has 1 aliphatic carbocycles. The normalized spacial score (nSPS) is 19.3. The van der Waals surface area contributed by atoms with E-state index in [1.54, 1.807) is 19.3 Å². The van der Waals surface area contributed by atoms with Crippen LogP contribution in [-0.2, 0) is 0 Å². The van der Waals surface area contributed by atoms with Gasteiger partial charge in [-0.3, -0.25) is 0 Å². The molecule has 0 bridgehead atoms. The quantitative estimate of drug-likeness (QED) is 0.136. The summed E-state index contributed by atoms with van der Waals surface area (Å²) in [5, 5.41) is 0. The molecule has 0 aromatic rings. The summed E-state index contributed by atoms with van der Waals surface area (Å²) in [5.74, 6) is 3.29. The highest BCUT2D eigenvalue weighted by Gasteiger charge is 2.34. The Bertz CT molecular complexity index is 333. The second-order valence-electron chi connectivity index (χ2n) is 10.8. The van der Waals surface area contributed by atoms with Crippen LogP contribution < -0.4 is 0 Å². The van der Waals surface area contributed by atoms with Crippen LogP contribution in [0.2, 0.25) is 0 Å². The average molecular weight is 421 g/mol. The predicted octanol–water partition coefficient (Wildman–Crippen LogP) is 11.3. The molecule has 0 aromatic carbocycles. The fraction of sp³-hybridized carbons (Fsp3) is 1.00. The van der Waals surface area contributed by atoms with Crippen molar-refractivity contribution in [2.75, 3.05) is 0 Å². The van der Waals surface area contributed by atoms with E-state index in [-0.39, 0.29) is 0 Å². The van der Waals surface area contributed by atoms with Crippen molar-refractivity contribution < 1.29 is 0 Å². The summed E-state index contributed by atoms with van der Waals surface area (Å²) >= 11 is 0. The van der Waals surface area contributed by atoms with E-state index in [9.17, 15) is 0 Å². The fourth-order valence-electron chi connectivity index (χ4n) is 5.52. The maximum atomic E-state index is 2.42. The Morgan fingerprint density at radius 3 is 1.23 bits per heavy atom. The van der Waals surface area contributed by atoms with Gasteiger partial charge in [0.25, 0.3) is 0 Å². The van der Waals surface area contributed by atoms with E-state index in [2.05, 4.69) is 20.8 Å². The molecule has 0 nitrogen and oxygen atoms in total. The van der Waals surface area contributed by atoms with Crippen molar-refractivity contribution in [3.8, 4) is 0 Å². The third-order valence-electron chi connectivity index (χ3n) is 7.98. The summed E-state index contributed by atoms with van der Waals surface area (Å²) < 4.78 is 0. The first-order valence-corrected chi connectivity index (χ1v) is 14.8. The minimum absolute atomic E-state index is 1.02. The predicted molar refractivity (Wildman–Crippen MR) is 138 cm³/mol. The topological polar surface area (TPSA) is 0 Å². The molecule has 0 aliphatic heterocycles. The molecule has 0 heterocycles. The molecule has 3 atom stereocenters. The van der Waals surface area contributed by atoms with Crippen LogP contribution in [0.5, 0.6) is 0 Å². The summed E-state index contributed by atoms with van der Waals surface area (Å²) in [4.78, 5) is 0. The van der Waals surface area contributed by atoms with E-state index in [1.165, 1.54) is 135 Å². The molecule has 1 fully saturated rings. The molecule has 0 N–H and O–H groups in total. The minimum Gasteiger partial charge on any atom is -0.0654 e.